The maximum atomic E-state index is 12.1. The Hall–Kier alpha value is -1.68. The zero-order valence-corrected chi connectivity index (χ0v) is 9.64. The van der Waals surface area contributed by atoms with Gasteiger partial charge in [-0.05, 0) is 31.9 Å². The van der Waals surface area contributed by atoms with Crippen molar-refractivity contribution in [2.75, 3.05) is 4.90 Å². The van der Waals surface area contributed by atoms with E-state index in [1.54, 1.807) is 0 Å². The Labute approximate surface area is 99.6 Å². The van der Waals surface area contributed by atoms with Crippen molar-refractivity contribution in [2.24, 2.45) is 0 Å². The number of hydrogen-bond donors (Lipinski definition) is 1. The van der Waals surface area contributed by atoms with E-state index in [1.165, 1.54) is 4.90 Å². The molecule has 2 heterocycles. The molecule has 2 atom stereocenters. The van der Waals surface area contributed by atoms with Crippen molar-refractivity contribution in [3.05, 3.63) is 29.8 Å². The van der Waals surface area contributed by atoms with Gasteiger partial charge in [-0.3, -0.25) is 14.9 Å². The second-order valence-electron chi connectivity index (χ2n) is 4.70. The first-order valence-corrected chi connectivity index (χ1v) is 5.87. The monoisotopic (exact) mass is 230 g/mol. The van der Waals surface area contributed by atoms with Crippen molar-refractivity contribution in [3.8, 4) is 0 Å². The van der Waals surface area contributed by atoms with Crippen molar-refractivity contribution in [3.63, 3.8) is 0 Å². The summed E-state index contributed by atoms with van der Waals surface area (Å²) in [4.78, 5) is 25.6. The van der Waals surface area contributed by atoms with Crippen LogP contribution in [0, 0.1) is 6.92 Å². The minimum absolute atomic E-state index is 0.118. The molecule has 1 N–H and O–H groups in total. The number of carbonyl (C=O) groups excluding carboxylic acids is 2. The highest BCUT2D eigenvalue weighted by Crippen LogP contribution is 2.27. The summed E-state index contributed by atoms with van der Waals surface area (Å²) in [5.74, 6) is -0.236. The lowest BCUT2D eigenvalue weighted by Crippen LogP contribution is -2.59. The number of nitrogens with zero attached hydrogens (tertiary/aromatic N) is 1. The van der Waals surface area contributed by atoms with Crippen LogP contribution < -0.4 is 10.2 Å². The summed E-state index contributed by atoms with van der Waals surface area (Å²) in [7, 11) is 0. The van der Waals surface area contributed by atoms with Crippen LogP contribution in [-0.2, 0) is 9.59 Å². The quantitative estimate of drug-likeness (QED) is 0.732. The Morgan fingerprint density at radius 3 is 2.12 bits per heavy atom. The lowest BCUT2D eigenvalue weighted by molar-refractivity contribution is -0.130. The van der Waals surface area contributed by atoms with Gasteiger partial charge in [0.25, 0.3) is 11.8 Å². The highest BCUT2D eigenvalue weighted by Gasteiger charge is 2.45. The number of benzene rings is 1. The number of hydrogen-bond acceptors (Lipinski definition) is 3. The van der Waals surface area contributed by atoms with Gasteiger partial charge >= 0.3 is 0 Å². The molecule has 4 nitrogen and oxygen atoms in total. The van der Waals surface area contributed by atoms with Gasteiger partial charge < -0.3 is 0 Å². The predicted molar refractivity (Wildman–Crippen MR) is 63.6 cm³/mol. The number of nitrogens with one attached hydrogen (secondary N) is 1. The number of piperazine rings is 1. The van der Waals surface area contributed by atoms with Gasteiger partial charge in [-0.15, -0.1) is 0 Å². The molecule has 2 aliphatic rings. The maximum Gasteiger partial charge on any atom is 0.250 e. The predicted octanol–water partition coefficient (Wildman–Crippen LogP) is 0.989. The molecule has 2 bridgehead atoms. The van der Waals surface area contributed by atoms with Crippen molar-refractivity contribution < 1.29 is 9.59 Å². The topological polar surface area (TPSA) is 49.4 Å². The fraction of sp³-hybridized carbons (Fsp3) is 0.385. The van der Waals surface area contributed by atoms with E-state index < -0.39 is 0 Å². The highest BCUT2D eigenvalue weighted by atomic mass is 16.2. The standard InChI is InChI=1S/C13H14N2O2/c1-8-2-4-9(5-3-8)15-12(16)10-6-7-11(14-10)13(15)17/h2-5,10-11,14H,6-7H2,1H3. The zero-order chi connectivity index (χ0) is 12.0. The molecule has 3 rings (SSSR count). The van der Waals surface area contributed by atoms with Gasteiger partial charge in [0.15, 0.2) is 0 Å². The molecule has 88 valence electrons. The van der Waals surface area contributed by atoms with E-state index in [0.717, 1.165) is 18.4 Å². The molecule has 1 aromatic carbocycles. The smallest absolute Gasteiger partial charge is 0.250 e. The number of imide groups is 1. The molecule has 0 aliphatic carbocycles. The Bertz CT molecular complexity index is 459. The molecule has 1 aromatic rings. The van der Waals surface area contributed by atoms with E-state index in [9.17, 15) is 9.59 Å². The van der Waals surface area contributed by atoms with E-state index in [4.69, 9.17) is 0 Å². The van der Waals surface area contributed by atoms with E-state index in [0.29, 0.717) is 5.69 Å². The average molecular weight is 230 g/mol. The second kappa shape index (κ2) is 3.67. The van der Waals surface area contributed by atoms with Crippen LogP contribution in [0.3, 0.4) is 0 Å². The van der Waals surface area contributed by atoms with Crippen LogP contribution in [0.4, 0.5) is 5.69 Å². The van der Waals surface area contributed by atoms with E-state index in [1.807, 2.05) is 31.2 Å². The summed E-state index contributed by atoms with van der Waals surface area (Å²) >= 11 is 0. The molecule has 0 radical (unpaired) electrons. The molecule has 2 amide bonds. The molecular weight excluding hydrogens is 216 g/mol. The second-order valence-corrected chi connectivity index (χ2v) is 4.70. The molecule has 2 unspecified atom stereocenters. The summed E-state index contributed by atoms with van der Waals surface area (Å²) in [6.07, 6.45) is 1.52. The van der Waals surface area contributed by atoms with Crippen molar-refractivity contribution >= 4 is 17.5 Å². The number of aryl methyl sites for hydroxylation is 1. The first kappa shape index (κ1) is 10.5. The average Bonchev–Trinajstić information content (AvgIpc) is 2.76. The van der Waals surface area contributed by atoms with Gasteiger partial charge in [0.05, 0.1) is 17.8 Å². The number of amides is 2. The molecule has 0 aromatic heterocycles. The first-order chi connectivity index (χ1) is 8.16. The van der Waals surface area contributed by atoms with E-state index in [-0.39, 0.29) is 23.9 Å². The summed E-state index contributed by atoms with van der Waals surface area (Å²) in [5.41, 5.74) is 1.80. The minimum atomic E-state index is -0.181. The summed E-state index contributed by atoms with van der Waals surface area (Å²) in [6.45, 7) is 1.98. The van der Waals surface area contributed by atoms with Gasteiger partial charge in [-0.25, -0.2) is 4.90 Å². The maximum absolute atomic E-state index is 12.1. The Balaban J connectivity index is 1.99. The molecule has 2 saturated heterocycles. The van der Waals surface area contributed by atoms with Crippen LogP contribution in [-0.4, -0.2) is 23.9 Å². The molecule has 2 aliphatic heterocycles. The molecule has 17 heavy (non-hydrogen) atoms. The summed E-state index contributed by atoms with van der Waals surface area (Å²) in [6, 6.07) is 7.13. The van der Waals surface area contributed by atoms with Crippen LogP contribution in [0.1, 0.15) is 18.4 Å². The number of fused-ring (bicyclic) bond motifs is 2. The van der Waals surface area contributed by atoms with Crippen molar-refractivity contribution in [1.82, 2.24) is 5.32 Å². The Morgan fingerprint density at radius 1 is 1.06 bits per heavy atom. The third-order valence-electron chi connectivity index (χ3n) is 3.48. The van der Waals surface area contributed by atoms with E-state index in [2.05, 4.69) is 5.32 Å². The van der Waals surface area contributed by atoms with Gasteiger partial charge in [0, 0.05) is 0 Å². The SMILES string of the molecule is Cc1ccc(N2C(=O)C3CCC(N3)C2=O)cc1. The largest absolute Gasteiger partial charge is 0.295 e. The fourth-order valence-corrected chi connectivity index (χ4v) is 2.50. The summed E-state index contributed by atoms with van der Waals surface area (Å²) in [5, 5.41) is 3.06. The number of rotatable bonds is 1. The normalized spacial score (nSPS) is 27.7. The van der Waals surface area contributed by atoms with Crippen molar-refractivity contribution in [1.29, 1.82) is 0 Å². The van der Waals surface area contributed by atoms with Gasteiger partial charge in [-0.2, -0.15) is 0 Å². The summed E-state index contributed by atoms with van der Waals surface area (Å²) < 4.78 is 0. The van der Waals surface area contributed by atoms with Crippen LogP contribution in [0.15, 0.2) is 24.3 Å². The van der Waals surface area contributed by atoms with Gasteiger partial charge in [0.1, 0.15) is 0 Å². The molecule has 4 heteroatoms. The Morgan fingerprint density at radius 2 is 1.59 bits per heavy atom. The Kier molecular flexibility index (Phi) is 2.26. The van der Waals surface area contributed by atoms with Crippen LogP contribution in [0.25, 0.3) is 0 Å². The van der Waals surface area contributed by atoms with Crippen LogP contribution >= 0.6 is 0 Å². The number of anilines is 1. The van der Waals surface area contributed by atoms with E-state index >= 15 is 0 Å². The number of carbonyl (C=O) groups is 2. The molecule has 0 spiro atoms. The minimum Gasteiger partial charge on any atom is -0.295 e. The molecule has 2 fully saturated rings. The fourth-order valence-electron chi connectivity index (χ4n) is 2.50. The lowest BCUT2D eigenvalue weighted by atomic mass is 10.1. The lowest BCUT2D eigenvalue weighted by Gasteiger charge is -2.30. The molecular formula is C13H14N2O2. The van der Waals surface area contributed by atoms with Gasteiger partial charge in [-0.1, -0.05) is 17.7 Å². The molecule has 0 saturated carbocycles. The van der Waals surface area contributed by atoms with Crippen LogP contribution in [0.5, 0.6) is 0 Å². The highest BCUT2D eigenvalue weighted by molar-refractivity contribution is 6.20. The van der Waals surface area contributed by atoms with Crippen molar-refractivity contribution in [2.45, 2.75) is 31.8 Å². The van der Waals surface area contributed by atoms with Gasteiger partial charge in [0.2, 0.25) is 0 Å². The first-order valence-electron chi connectivity index (χ1n) is 5.87. The zero-order valence-electron chi connectivity index (χ0n) is 9.64. The third-order valence-corrected chi connectivity index (χ3v) is 3.48. The van der Waals surface area contributed by atoms with Crippen LogP contribution in [0.2, 0.25) is 0 Å². The third kappa shape index (κ3) is 1.56.